The quantitative estimate of drug-likeness (QED) is 0.919. The highest BCUT2D eigenvalue weighted by Gasteiger charge is 2.27. The average molecular weight is 259 g/mol. The van der Waals surface area contributed by atoms with Crippen LogP contribution in [0.4, 0.5) is 0 Å². The van der Waals surface area contributed by atoms with Crippen molar-refractivity contribution >= 4 is 10.9 Å². The number of aryl methyl sites for hydroxylation is 2. The number of rotatable bonds is 3. The first-order valence-corrected chi connectivity index (χ1v) is 7.11. The maximum Gasteiger partial charge on any atom is 0.0999 e. The van der Waals surface area contributed by atoms with Crippen molar-refractivity contribution in [1.82, 2.24) is 4.57 Å². The molecule has 1 aromatic carbocycles. The molecule has 1 aliphatic rings. The Balaban J connectivity index is 2.29. The van der Waals surface area contributed by atoms with Crippen molar-refractivity contribution in [3.63, 3.8) is 0 Å². The molecule has 102 valence electrons. The summed E-state index contributed by atoms with van der Waals surface area (Å²) in [5, 5.41) is 10.6. The molecule has 3 rings (SSSR count). The lowest BCUT2D eigenvalue weighted by Crippen LogP contribution is -2.20. The lowest BCUT2D eigenvalue weighted by Gasteiger charge is -2.25. The molecule has 1 N–H and O–H groups in total. The molecular weight excluding hydrogens is 238 g/mol. The number of hydrogen-bond acceptors (Lipinski definition) is 2. The topological polar surface area (TPSA) is 34.4 Å². The van der Waals surface area contributed by atoms with Gasteiger partial charge in [0, 0.05) is 25.0 Å². The number of fused-ring (bicyclic) bond motifs is 3. The van der Waals surface area contributed by atoms with Crippen molar-refractivity contribution in [2.45, 2.75) is 39.3 Å². The third-order valence-corrected chi connectivity index (χ3v) is 4.12. The Morgan fingerprint density at radius 2 is 2.26 bits per heavy atom. The van der Waals surface area contributed by atoms with Crippen LogP contribution in [-0.2, 0) is 17.7 Å². The zero-order valence-electron chi connectivity index (χ0n) is 11.6. The van der Waals surface area contributed by atoms with Crippen molar-refractivity contribution in [3.8, 4) is 0 Å². The molecule has 3 heteroatoms. The van der Waals surface area contributed by atoms with Crippen LogP contribution in [0.25, 0.3) is 10.9 Å². The summed E-state index contributed by atoms with van der Waals surface area (Å²) in [4.78, 5) is 0. The fourth-order valence-electron chi connectivity index (χ4n) is 3.36. The predicted octanol–water partition coefficient (Wildman–Crippen LogP) is 2.97. The van der Waals surface area contributed by atoms with E-state index in [1.165, 1.54) is 27.7 Å². The van der Waals surface area contributed by atoms with Crippen molar-refractivity contribution in [2.24, 2.45) is 0 Å². The highest BCUT2D eigenvalue weighted by molar-refractivity contribution is 5.88. The Bertz CT molecular complexity index is 600. The second-order valence-electron chi connectivity index (χ2n) is 5.20. The molecule has 0 fully saturated rings. The molecule has 0 saturated heterocycles. The number of ether oxygens (including phenoxy) is 1. The summed E-state index contributed by atoms with van der Waals surface area (Å²) in [5.74, 6) is 0. The molecule has 0 saturated carbocycles. The minimum atomic E-state index is 0.0421. The Hall–Kier alpha value is -1.32. The van der Waals surface area contributed by atoms with Crippen molar-refractivity contribution in [1.29, 1.82) is 0 Å². The third kappa shape index (κ3) is 1.88. The molecule has 1 unspecified atom stereocenters. The standard InChI is InChI=1S/C16H21NO2/c1-3-17-15-11(2)5-4-6-12(15)13-8-10-19-14(7-9-18)16(13)17/h4-6,14,18H,3,7-10H2,1-2H3. The maximum absolute atomic E-state index is 9.25. The van der Waals surface area contributed by atoms with Crippen LogP contribution in [0.5, 0.6) is 0 Å². The Kier molecular flexibility index (Phi) is 3.33. The minimum Gasteiger partial charge on any atom is -0.396 e. The molecule has 0 spiro atoms. The Morgan fingerprint density at radius 1 is 1.42 bits per heavy atom. The number of aliphatic hydroxyl groups is 1. The molecule has 0 radical (unpaired) electrons. The molecule has 0 amide bonds. The molecule has 1 aromatic heterocycles. The van der Waals surface area contributed by atoms with Gasteiger partial charge in [0.2, 0.25) is 0 Å². The molecule has 2 aromatic rings. The van der Waals surface area contributed by atoms with Crippen LogP contribution in [0.15, 0.2) is 18.2 Å². The summed E-state index contributed by atoms with van der Waals surface area (Å²) in [7, 11) is 0. The molecule has 0 bridgehead atoms. The zero-order chi connectivity index (χ0) is 13.4. The number of hydrogen-bond donors (Lipinski definition) is 1. The van der Waals surface area contributed by atoms with Gasteiger partial charge in [0.25, 0.3) is 0 Å². The third-order valence-electron chi connectivity index (χ3n) is 4.12. The van der Waals surface area contributed by atoms with Crippen LogP contribution in [-0.4, -0.2) is 22.9 Å². The van der Waals surface area contributed by atoms with Crippen LogP contribution in [0.1, 0.15) is 36.3 Å². The van der Waals surface area contributed by atoms with Gasteiger partial charge in [0.05, 0.1) is 23.9 Å². The summed E-state index contributed by atoms with van der Waals surface area (Å²) in [6, 6.07) is 6.52. The number of aliphatic hydroxyl groups excluding tert-OH is 1. The van der Waals surface area contributed by atoms with Crippen molar-refractivity contribution in [2.75, 3.05) is 13.2 Å². The van der Waals surface area contributed by atoms with Gasteiger partial charge in [-0.3, -0.25) is 0 Å². The van der Waals surface area contributed by atoms with E-state index in [2.05, 4.69) is 36.6 Å². The monoisotopic (exact) mass is 259 g/mol. The Labute approximate surface area is 113 Å². The summed E-state index contributed by atoms with van der Waals surface area (Å²) in [6.45, 7) is 6.23. The van der Waals surface area contributed by atoms with Crippen LogP contribution in [0, 0.1) is 6.92 Å². The second-order valence-corrected chi connectivity index (χ2v) is 5.20. The first kappa shape index (κ1) is 12.7. The SMILES string of the molecule is CCn1c2c(c3cccc(C)c31)CCOC2CCO. The number of nitrogens with zero attached hydrogens (tertiary/aromatic N) is 1. The number of aromatic nitrogens is 1. The van der Waals surface area contributed by atoms with E-state index >= 15 is 0 Å². The molecule has 19 heavy (non-hydrogen) atoms. The van der Waals surface area contributed by atoms with Gasteiger partial charge in [0.15, 0.2) is 0 Å². The van der Waals surface area contributed by atoms with Gasteiger partial charge in [-0.25, -0.2) is 0 Å². The molecular formula is C16H21NO2. The van der Waals surface area contributed by atoms with Gasteiger partial charge >= 0.3 is 0 Å². The van der Waals surface area contributed by atoms with Crippen LogP contribution < -0.4 is 0 Å². The highest BCUT2D eigenvalue weighted by Crippen LogP contribution is 2.38. The van der Waals surface area contributed by atoms with Gasteiger partial charge < -0.3 is 14.4 Å². The fraction of sp³-hybridized carbons (Fsp3) is 0.500. The average Bonchev–Trinajstić information content (AvgIpc) is 2.76. The molecule has 1 atom stereocenters. The van der Waals surface area contributed by atoms with E-state index in [1.54, 1.807) is 0 Å². The maximum atomic E-state index is 9.25. The minimum absolute atomic E-state index is 0.0421. The predicted molar refractivity (Wildman–Crippen MR) is 76.4 cm³/mol. The van der Waals surface area contributed by atoms with E-state index in [4.69, 9.17) is 4.74 Å². The highest BCUT2D eigenvalue weighted by atomic mass is 16.5. The van der Waals surface area contributed by atoms with E-state index in [9.17, 15) is 5.11 Å². The van der Waals surface area contributed by atoms with Gasteiger partial charge in [-0.2, -0.15) is 0 Å². The first-order chi connectivity index (χ1) is 9.27. The summed E-state index contributed by atoms with van der Waals surface area (Å²) < 4.78 is 8.25. The van der Waals surface area contributed by atoms with Gasteiger partial charge in [0.1, 0.15) is 0 Å². The fourth-order valence-corrected chi connectivity index (χ4v) is 3.36. The lowest BCUT2D eigenvalue weighted by atomic mass is 10.0. The normalized spacial score (nSPS) is 18.8. The van der Waals surface area contributed by atoms with Gasteiger partial charge in [-0.1, -0.05) is 18.2 Å². The van der Waals surface area contributed by atoms with E-state index in [0.717, 1.165) is 19.6 Å². The molecule has 0 aliphatic carbocycles. The van der Waals surface area contributed by atoms with Crippen LogP contribution >= 0.6 is 0 Å². The first-order valence-electron chi connectivity index (χ1n) is 7.11. The number of para-hydroxylation sites is 1. The van der Waals surface area contributed by atoms with E-state index in [-0.39, 0.29) is 12.7 Å². The summed E-state index contributed by atoms with van der Waals surface area (Å²) in [6.07, 6.45) is 1.70. The lowest BCUT2D eigenvalue weighted by molar-refractivity contribution is 0.0206. The van der Waals surface area contributed by atoms with Crippen molar-refractivity contribution in [3.05, 3.63) is 35.0 Å². The van der Waals surface area contributed by atoms with E-state index in [0.29, 0.717) is 6.42 Å². The second kappa shape index (κ2) is 4.99. The van der Waals surface area contributed by atoms with Gasteiger partial charge in [-0.15, -0.1) is 0 Å². The molecule has 3 nitrogen and oxygen atoms in total. The largest absolute Gasteiger partial charge is 0.396 e. The zero-order valence-corrected chi connectivity index (χ0v) is 11.6. The smallest absolute Gasteiger partial charge is 0.0999 e. The van der Waals surface area contributed by atoms with Gasteiger partial charge in [-0.05, 0) is 31.4 Å². The van der Waals surface area contributed by atoms with Crippen molar-refractivity contribution < 1.29 is 9.84 Å². The van der Waals surface area contributed by atoms with Crippen LogP contribution in [0.2, 0.25) is 0 Å². The Morgan fingerprint density at radius 3 is 3.00 bits per heavy atom. The van der Waals surface area contributed by atoms with E-state index < -0.39 is 0 Å². The number of benzene rings is 1. The van der Waals surface area contributed by atoms with E-state index in [1.807, 2.05) is 0 Å². The summed E-state index contributed by atoms with van der Waals surface area (Å²) in [5.41, 5.74) is 5.36. The van der Waals surface area contributed by atoms with Crippen LogP contribution in [0.3, 0.4) is 0 Å². The molecule has 1 aliphatic heterocycles. The molecule has 2 heterocycles. The summed E-state index contributed by atoms with van der Waals surface area (Å²) >= 11 is 0.